The maximum atomic E-state index is 12.7. The van der Waals surface area contributed by atoms with Gasteiger partial charge in [0.15, 0.2) is 17.3 Å². The van der Waals surface area contributed by atoms with Crippen LogP contribution < -0.4 is 30.9 Å². The summed E-state index contributed by atoms with van der Waals surface area (Å²) in [6.07, 6.45) is 3.56. The molecule has 2 aliphatic rings. The minimum absolute atomic E-state index is 0.0564. The zero-order valence-electron chi connectivity index (χ0n) is 22.3. The van der Waals surface area contributed by atoms with Gasteiger partial charge in [0.1, 0.15) is 0 Å². The van der Waals surface area contributed by atoms with E-state index in [1.165, 1.54) is 19.3 Å². The van der Waals surface area contributed by atoms with E-state index in [4.69, 9.17) is 8.85 Å². The van der Waals surface area contributed by atoms with E-state index in [9.17, 15) is 14.4 Å². The summed E-state index contributed by atoms with van der Waals surface area (Å²) < 4.78 is 27.8. The number of rotatable bonds is 9. The molecule has 1 atom stereocenters. The van der Waals surface area contributed by atoms with Gasteiger partial charge in [-0.3, -0.25) is 14.4 Å². The first-order valence-electron chi connectivity index (χ1n) is 12.7. The van der Waals surface area contributed by atoms with Crippen molar-refractivity contribution < 1.29 is 23.2 Å². The smallest absolute Gasteiger partial charge is 0.273 e. The molecule has 0 unspecified atom stereocenters. The van der Waals surface area contributed by atoms with Crippen molar-refractivity contribution in [1.82, 2.24) is 20.8 Å². The molecule has 1 aromatic heterocycles. The predicted molar refractivity (Wildman–Crippen MR) is 132 cm³/mol. The molecule has 3 amide bonds. The highest BCUT2D eigenvalue weighted by Crippen LogP contribution is 2.39. The molecular formula is C24H29N7O4. The minimum Gasteiger partial charge on any atom is -0.492 e. The van der Waals surface area contributed by atoms with Crippen molar-refractivity contribution in [1.29, 1.82) is 0 Å². The van der Waals surface area contributed by atoms with Crippen LogP contribution in [0.1, 0.15) is 33.9 Å². The number of carbonyl (C=O) groups is 3. The van der Waals surface area contributed by atoms with Crippen molar-refractivity contribution in [2.24, 2.45) is 5.92 Å². The molecule has 11 heteroatoms. The summed E-state index contributed by atoms with van der Waals surface area (Å²) in [5, 5.41) is 18.4. The highest BCUT2D eigenvalue weighted by Gasteiger charge is 2.30. The fraction of sp³-hybridized carbons (Fsp3) is 0.375. The molecule has 11 nitrogen and oxygen atoms in total. The molecule has 1 aliphatic carbocycles. The average Bonchev–Trinajstić information content (AvgIpc) is 3.62. The van der Waals surface area contributed by atoms with Gasteiger partial charge in [-0.05, 0) is 37.5 Å². The van der Waals surface area contributed by atoms with Crippen LogP contribution in [-0.4, -0.2) is 61.1 Å². The number of anilines is 4. The van der Waals surface area contributed by atoms with E-state index in [-0.39, 0.29) is 41.0 Å². The van der Waals surface area contributed by atoms with Gasteiger partial charge >= 0.3 is 0 Å². The summed E-state index contributed by atoms with van der Waals surface area (Å²) in [6, 6.07) is 6.76. The highest BCUT2D eigenvalue weighted by atomic mass is 16.5. The van der Waals surface area contributed by atoms with Crippen LogP contribution in [0.3, 0.4) is 0 Å². The molecule has 0 bridgehead atoms. The number of ether oxygens (including phenoxy) is 1. The summed E-state index contributed by atoms with van der Waals surface area (Å²) >= 11 is 0. The second-order valence-electron chi connectivity index (χ2n) is 8.34. The standard InChI is InChI=1S/C24H29N7O4/c1-4-20(32)26-15-10-11-31(13-15)18-7-5-6-16(22(18)35-3)27-17-12-19(28-23(33)14-8-9-14)29-30-21(17)24(34)25-2/h4-7,12,14-15H,1,8-11,13H2,2-3H3,(H,25,34)(H,26,32)(H2,27,28,29,33)/t15-/m0/s1/i2D3. The van der Waals surface area contributed by atoms with Gasteiger partial charge in [0.25, 0.3) is 5.91 Å². The monoisotopic (exact) mass is 482 g/mol. The number of aromatic nitrogens is 2. The first kappa shape index (κ1) is 20.2. The lowest BCUT2D eigenvalue weighted by molar-refractivity contribution is -0.118. The maximum Gasteiger partial charge on any atom is 0.273 e. The van der Waals surface area contributed by atoms with Gasteiger partial charge in [-0.25, -0.2) is 0 Å². The SMILES string of the molecule is [2H]C([2H])([2H])NC(=O)c1nnc(NC(=O)C2CC2)cc1Nc1cccc(N2CC[C@H](NC(=O)C=C)C2)c1OC. The third-order valence-electron chi connectivity index (χ3n) is 5.85. The Balaban J connectivity index is 1.63. The Bertz CT molecular complexity index is 1250. The van der Waals surface area contributed by atoms with E-state index >= 15 is 0 Å². The quantitative estimate of drug-likeness (QED) is 0.397. The van der Waals surface area contributed by atoms with E-state index in [1.807, 2.05) is 11.4 Å². The van der Waals surface area contributed by atoms with E-state index in [1.54, 1.807) is 12.1 Å². The van der Waals surface area contributed by atoms with Crippen molar-refractivity contribution in [3.05, 3.63) is 42.6 Å². The molecule has 4 N–H and O–H groups in total. The number of para-hydroxylation sites is 1. The third kappa shape index (κ3) is 5.51. The molecule has 0 radical (unpaired) electrons. The molecule has 184 valence electrons. The van der Waals surface area contributed by atoms with Crippen molar-refractivity contribution in [3.63, 3.8) is 0 Å². The average molecular weight is 483 g/mol. The fourth-order valence-electron chi connectivity index (χ4n) is 3.94. The molecule has 0 spiro atoms. The Kier molecular flexibility index (Phi) is 6.02. The van der Waals surface area contributed by atoms with E-state index in [2.05, 4.69) is 37.6 Å². The molecule has 2 fully saturated rings. The Hall–Kier alpha value is -4.15. The van der Waals surface area contributed by atoms with Gasteiger partial charge in [0.2, 0.25) is 11.8 Å². The van der Waals surface area contributed by atoms with Crippen LogP contribution in [0.2, 0.25) is 0 Å². The molecule has 4 rings (SSSR count). The van der Waals surface area contributed by atoms with Crippen LogP contribution in [0.4, 0.5) is 22.9 Å². The summed E-state index contributed by atoms with van der Waals surface area (Å²) in [5.41, 5.74) is 1.08. The highest BCUT2D eigenvalue weighted by molar-refractivity contribution is 6.00. The number of amides is 3. The van der Waals surface area contributed by atoms with E-state index in [0.717, 1.165) is 24.9 Å². The minimum atomic E-state index is -2.74. The van der Waals surface area contributed by atoms with Crippen LogP contribution in [-0.2, 0) is 9.59 Å². The third-order valence-corrected chi connectivity index (χ3v) is 5.85. The summed E-state index contributed by atoms with van der Waals surface area (Å²) in [5.74, 6) is -0.899. The lowest BCUT2D eigenvalue weighted by Crippen LogP contribution is -2.36. The van der Waals surface area contributed by atoms with E-state index < -0.39 is 12.9 Å². The molecule has 2 heterocycles. The van der Waals surface area contributed by atoms with Gasteiger partial charge < -0.3 is 30.9 Å². The Morgan fingerprint density at radius 2 is 2.06 bits per heavy atom. The molecule has 1 saturated carbocycles. The second-order valence-corrected chi connectivity index (χ2v) is 8.34. The first-order valence-corrected chi connectivity index (χ1v) is 11.2. The molecular weight excluding hydrogens is 450 g/mol. The fourth-order valence-corrected chi connectivity index (χ4v) is 3.94. The summed E-state index contributed by atoms with van der Waals surface area (Å²) in [6.45, 7) is 1.97. The van der Waals surface area contributed by atoms with Gasteiger partial charge in [0, 0.05) is 42.2 Å². The molecule has 2 aromatic rings. The van der Waals surface area contributed by atoms with E-state index in [0.29, 0.717) is 24.5 Å². The number of nitrogens with one attached hydrogen (secondary N) is 4. The Labute approximate surface area is 207 Å². The summed E-state index contributed by atoms with van der Waals surface area (Å²) in [4.78, 5) is 38.7. The number of hydrogen-bond acceptors (Lipinski definition) is 8. The largest absolute Gasteiger partial charge is 0.492 e. The number of methoxy groups -OCH3 is 1. The van der Waals surface area contributed by atoms with Crippen molar-refractivity contribution >= 4 is 40.6 Å². The normalized spacial score (nSPS) is 18.5. The van der Waals surface area contributed by atoms with Gasteiger partial charge in [-0.2, -0.15) is 0 Å². The maximum absolute atomic E-state index is 12.7. The Morgan fingerprint density at radius 3 is 2.77 bits per heavy atom. The van der Waals surface area contributed by atoms with Gasteiger partial charge in [0.05, 0.1) is 24.2 Å². The van der Waals surface area contributed by atoms with Gasteiger partial charge in [-0.15, -0.1) is 10.2 Å². The first-order chi connectivity index (χ1) is 18.1. The zero-order chi connectivity index (χ0) is 27.4. The van der Waals surface area contributed by atoms with Crippen LogP contribution in [0, 0.1) is 5.92 Å². The van der Waals surface area contributed by atoms with Crippen LogP contribution in [0.5, 0.6) is 5.75 Å². The number of hydrogen-bond donors (Lipinski definition) is 4. The van der Waals surface area contributed by atoms with Crippen LogP contribution in [0.25, 0.3) is 0 Å². The van der Waals surface area contributed by atoms with Crippen LogP contribution >= 0.6 is 0 Å². The second kappa shape index (κ2) is 10.4. The van der Waals surface area contributed by atoms with Crippen molar-refractivity contribution in [2.75, 3.05) is 42.7 Å². The Morgan fingerprint density at radius 1 is 1.23 bits per heavy atom. The number of nitrogens with zero attached hydrogens (tertiary/aromatic N) is 3. The summed E-state index contributed by atoms with van der Waals surface area (Å²) in [7, 11) is 1.51. The van der Waals surface area contributed by atoms with Crippen LogP contribution in [0.15, 0.2) is 36.9 Å². The van der Waals surface area contributed by atoms with Gasteiger partial charge in [-0.1, -0.05) is 12.6 Å². The zero-order valence-corrected chi connectivity index (χ0v) is 19.3. The number of benzene rings is 1. The number of carbonyl (C=O) groups excluding carboxylic acids is 3. The van der Waals surface area contributed by atoms with Crippen molar-refractivity contribution in [2.45, 2.75) is 25.3 Å². The lowest BCUT2D eigenvalue weighted by Gasteiger charge is -2.24. The molecule has 1 saturated heterocycles. The molecule has 1 aliphatic heterocycles. The van der Waals surface area contributed by atoms with Crippen molar-refractivity contribution in [3.8, 4) is 5.75 Å². The topological polar surface area (TPSA) is 138 Å². The molecule has 1 aromatic carbocycles. The molecule has 35 heavy (non-hydrogen) atoms. The predicted octanol–water partition coefficient (Wildman–Crippen LogP) is 1.82. The lowest BCUT2D eigenvalue weighted by atomic mass is 10.2.